The average molecular weight is 284 g/mol. The van der Waals surface area contributed by atoms with Crippen LogP contribution in [0.5, 0.6) is 5.88 Å². The molecule has 2 unspecified atom stereocenters. The molecule has 3 fully saturated rings. The molecule has 1 saturated carbocycles. The molecule has 2 aliphatic heterocycles. The average Bonchev–Trinajstić information content (AvgIpc) is 3.33. The maximum Gasteiger partial charge on any atom is 0.255 e. The van der Waals surface area contributed by atoms with E-state index >= 15 is 0 Å². The van der Waals surface area contributed by atoms with Crippen molar-refractivity contribution < 1.29 is 9.53 Å². The second-order valence-electron chi connectivity index (χ2n) is 6.30. The maximum absolute atomic E-state index is 12.8. The number of carbonyl (C=O) groups excluding carboxylic acids is 1. The van der Waals surface area contributed by atoms with Crippen LogP contribution >= 0.6 is 0 Å². The van der Waals surface area contributed by atoms with Crippen LogP contribution in [0.4, 0.5) is 0 Å². The third kappa shape index (κ3) is 2.23. The Morgan fingerprint density at radius 1 is 1.19 bits per heavy atom. The highest BCUT2D eigenvalue weighted by atomic mass is 16.5. The largest absolute Gasteiger partial charge is 0.481 e. The lowest BCUT2D eigenvalue weighted by atomic mass is 9.95. The molecule has 4 nitrogen and oxygen atoms in total. The summed E-state index contributed by atoms with van der Waals surface area (Å²) in [4.78, 5) is 19.1. The van der Waals surface area contributed by atoms with Crippen LogP contribution in [0.15, 0.2) is 29.5 Å². The third-order valence-electron chi connectivity index (χ3n) is 5.01. The molecule has 21 heavy (non-hydrogen) atoms. The fraction of sp³-hybridized carbons (Fsp3) is 0.529. The highest BCUT2D eigenvalue weighted by molar-refractivity contribution is 5.94. The quantitative estimate of drug-likeness (QED) is 0.784. The fourth-order valence-corrected chi connectivity index (χ4v) is 3.83. The van der Waals surface area contributed by atoms with E-state index in [1.807, 2.05) is 6.07 Å². The van der Waals surface area contributed by atoms with Gasteiger partial charge in [-0.15, -0.1) is 0 Å². The van der Waals surface area contributed by atoms with Crippen molar-refractivity contribution in [3.63, 3.8) is 0 Å². The molecule has 2 saturated heterocycles. The molecule has 0 N–H and O–H groups in total. The standard InChI is InChI=1S/C17H20N2O2/c1-21-16-7-4-12(10-18-16)17(20)19-14-5-6-15(19)9-13(8-14)11-2-3-11/h4,7,10,14-15H,2-3,5-6,8-9H2,1H3. The third-order valence-corrected chi connectivity index (χ3v) is 5.01. The molecule has 1 amide bonds. The van der Waals surface area contributed by atoms with Crippen LogP contribution in [-0.2, 0) is 0 Å². The number of methoxy groups -OCH3 is 1. The lowest BCUT2D eigenvalue weighted by Crippen LogP contribution is -2.44. The first kappa shape index (κ1) is 12.9. The Balaban J connectivity index is 1.56. The van der Waals surface area contributed by atoms with Gasteiger partial charge >= 0.3 is 0 Å². The topological polar surface area (TPSA) is 42.4 Å². The molecule has 2 bridgehead atoms. The molecule has 3 aliphatic rings. The highest BCUT2D eigenvalue weighted by Crippen LogP contribution is 2.45. The van der Waals surface area contributed by atoms with Crippen LogP contribution in [0.25, 0.3) is 0 Å². The second-order valence-corrected chi connectivity index (χ2v) is 6.30. The van der Waals surface area contributed by atoms with Gasteiger partial charge in [-0.3, -0.25) is 4.79 Å². The number of hydrogen-bond donors (Lipinski definition) is 0. The number of ether oxygens (including phenoxy) is 1. The second kappa shape index (κ2) is 4.86. The maximum atomic E-state index is 12.8. The summed E-state index contributed by atoms with van der Waals surface area (Å²) in [7, 11) is 1.58. The minimum Gasteiger partial charge on any atom is -0.481 e. The normalized spacial score (nSPS) is 27.0. The van der Waals surface area contributed by atoms with Gasteiger partial charge in [-0.05, 0) is 44.6 Å². The van der Waals surface area contributed by atoms with E-state index in [0.29, 0.717) is 23.5 Å². The Bertz CT molecular complexity index is 584. The van der Waals surface area contributed by atoms with E-state index in [2.05, 4.69) is 9.88 Å². The van der Waals surface area contributed by atoms with Crippen LogP contribution in [0.3, 0.4) is 0 Å². The number of aromatic nitrogens is 1. The van der Waals surface area contributed by atoms with Crippen LogP contribution < -0.4 is 4.74 Å². The summed E-state index contributed by atoms with van der Waals surface area (Å²) < 4.78 is 5.05. The predicted molar refractivity (Wildman–Crippen MR) is 79.3 cm³/mol. The molecule has 1 aromatic heterocycles. The minimum atomic E-state index is 0.137. The summed E-state index contributed by atoms with van der Waals surface area (Å²) in [6.45, 7) is 0. The Kier molecular flexibility index (Phi) is 2.98. The molecule has 4 heteroatoms. The summed E-state index contributed by atoms with van der Waals surface area (Å²) in [5, 5.41) is 0. The molecule has 3 heterocycles. The number of nitrogens with zero attached hydrogens (tertiary/aromatic N) is 2. The first-order valence-electron chi connectivity index (χ1n) is 7.78. The Morgan fingerprint density at radius 2 is 1.90 bits per heavy atom. The molecule has 110 valence electrons. The van der Waals surface area contributed by atoms with Crippen molar-refractivity contribution in [2.75, 3.05) is 7.11 Å². The number of allylic oxidation sites excluding steroid dienone is 1. The van der Waals surface area contributed by atoms with E-state index in [1.54, 1.807) is 30.5 Å². The van der Waals surface area contributed by atoms with Crippen LogP contribution in [0.1, 0.15) is 48.9 Å². The van der Waals surface area contributed by atoms with E-state index in [0.717, 1.165) is 25.7 Å². The van der Waals surface area contributed by atoms with Crippen molar-refractivity contribution in [1.29, 1.82) is 0 Å². The van der Waals surface area contributed by atoms with Crippen LogP contribution in [0.2, 0.25) is 0 Å². The SMILES string of the molecule is COc1ccc(C(=O)N2C3CCC2CC(=C2CC2)C3)cn1. The molecule has 0 spiro atoms. The van der Waals surface area contributed by atoms with E-state index in [-0.39, 0.29) is 5.91 Å². The predicted octanol–water partition coefficient (Wildman–Crippen LogP) is 2.95. The van der Waals surface area contributed by atoms with Gasteiger partial charge in [0.25, 0.3) is 5.91 Å². The smallest absolute Gasteiger partial charge is 0.255 e. The van der Waals surface area contributed by atoms with Gasteiger partial charge in [-0.2, -0.15) is 0 Å². The van der Waals surface area contributed by atoms with Gasteiger partial charge in [0.2, 0.25) is 5.88 Å². The summed E-state index contributed by atoms with van der Waals surface area (Å²) in [6.07, 6.45) is 8.72. The van der Waals surface area contributed by atoms with Gasteiger partial charge in [0.1, 0.15) is 0 Å². The highest BCUT2D eigenvalue weighted by Gasteiger charge is 2.42. The zero-order chi connectivity index (χ0) is 14.4. The molecule has 0 radical (unpaired) electrons. The molecule has 1 aromatic rings. The number of amides is 1. The molecule has 1 aliphatic carbocycles. The van der Waals surface area contributed by atoms with Gasteiger partial charge in [-0.1, -0.05) is 11.1 Å². The summed E-state index contributed by atoms with van der Waals surface area (Å²) in [6, 6.07) is 4.39. The number of carbonyl (C=O) groups is 1. The Hall–Kier alpha value is -1.84. The minimum absolute atomic E-state index is 0.137. The Labute approximate surface area is 124 Å². The van der Waals surface area contributed by atoms with Crippen molar-refractivity contribution >= 4 is 5.91 Å². The van der Waals surface area contributed by atoms with E-state index in [1.165, 1.54) is 12.8 Å². The molecule has 2 atom stereocenters. The summed E-state index contributed by atoms with van der Waals surface area (Å²) in [5.41, 5.74) is 4.00. The van der Waals surface area contributed by atoms with Crippen LogP contribution in [0, 0.1) is 0 Å². The van der Waals surface area contributed by atoms with Crippen molar-refractivity contribution in [3.8, 4) is 5.88 Å². The van der Waals surface area contributed by atoms with Gasteiger partial charge in [0.05, 0.1) is 12.7 Å². The lowest BCUT2D eigenvalue weighted by molar-refractivity contribution is 0.0634. The van der Waals surface area contributed by atoms with E-state index in [9.17, 15) is 4.79 Å². The zero-order valence-electron chi connectivity index (χ0n) is 12.3. The van der Waals surface area contributed by atoms with Crippen molar-refractivity contribution in [2.24, 2.45) is 0 Å². The van der Waals surface area contributed by atoms with E-state index in [4.69, 9.17) is 4.74 Å². The lowest BCUT2D eigenvalue weighted by Gasteiger charge is -2.36. The zero-order valence-corrected chi connectivity index (χ0v) is 12.3. The van der Waals surface area contributed by atoms with Gasteiger partial charge < -0.3 is 9.64 Å². The van der Waals surface area contributed by atoms with Gasteiger partial charge in [0.15, 0.2) is 0 Å². The van der Waals surface area contributed by atoms with Gasteiger partial charge in [-0.25, -0.2) is 4.98 Å². The number of pyridine rings is 1. The van der Waals surface area contributed by atoms with Crippen molar-refractivity contribution in [3.05, 3.63) is 35.0 Å². The van der Waals surface area contributed by atoms with Crippen LogP contribution in [-0.4, -0.2) is 35.0 Å². The summed E-state index contributed by atoms with van der Waals surface area (Å²) in [5.74, 6) is 0.686. The molecular weight excluding hydrogens is 264 g/mol. The molecule has 4 rings (SSSR count). The molecule has 0 aromatic carbocycles. The van der Waals surface area contributed by atoms with Crippen molar-refractivity contribution in [2.45, 2.75) is 50.6 Å². The number of piperidine rings is 1. The molecular formula is C17H20N2O2. The van der Waals surface area contributed by atoms with E-state index < -0.39 is 0 Å². The first-order chi connectivity index (χ1) is 10.3. The Morgan fingerprint density at radius 3 is 2.43 bits per heavy atom. The van der Waals surface area contributed by atoms with Gasteiger partial charge in [0, 0.05) is 24.3 Å². The monoisotopic (exact) mass is 284 g/mol. The van der Waals surface area contributed by atoms with Crippen molar-refractivity contribution in [1.82, 2.24) is 9.88 Å². The number of hydrogen-bond acceptors (Lipinski definition) is 3. The fourth-order valence-electron chi connectivity index (χ4n) is 3.83. The summed E-state index contributed by atoms with van der Waals surface area (Å²) >= 11 is 0. The number of rotatable bonds is 2. The number of fused-ring (bicyclic) bond motifs is 2. The first-order valence-corrected chi connectivity index (χ1v) is 7.78.